The molecule has 1 aromatic carbocycles. The van der Waals surface area contributed by atoms with Crippen molar-refractivity contribution in [2.24, 2.45) is 5.92 Å². The molecule has 1 aliphatic heterocycles. The van der Waals surface area contributed by atoms with Gasteiger partial charge in [0.25, 0.3) is 0 Å². The summed E-state index contributed by atoms with van der Waals surface area (Å²) in [6, 6.07) is 6.21. The Kier molecular flexibility index (Phi) is 4.46. The fourth-order valence-corrected chi connectivity index (χ4v) is 4.28. The number of carbonyl (C=O) groups excluding carboxylic acids is 1. The summed E-state index contributed by atoms with van der Waals surface area (Å²) in [6.07, 6.45) is 8.38. The van der Waals surface area contributed by atoms with Crippen molar-refractivity contribution in [3.8, 4) is 0 Å². The molecule has 2 heterocycles. The third kappa shape index (κ3) is 3.27. The maximum absolute atomic E-state index is 12.6. The van der Waals surface area contributed by atoms with E-state index in [-0.39, 0.29) is 24.4 Å². The van der Waals surface area contributed by atoms with Gasteiger partial charge in [-0.2, -0.15) is 0 Å². The second kappa shape index (κ2) is 6.61. The fourth-order valence-electron chi connectivity index (χ4n) is 4.28. The van der Waals surface area contributed by atoms with Crippen molar-refractivity contribution in [2.45, 2.75) is 62.9 Å². The summed E-state index contributed by atoms with van der Waals surface area (Å²) in [5.74, 6) is 2.10. The maximum Gasteiger partial charge on any atom is 0.241 e. The number of anilines is 1. The molecule has 2 saturated carbocycles. The molecular weight excluding hydrogens is 338 g/mol. The lowest BCUT2D eigenvalue weighted by atomic mass is 9.85. The number of nitrogens with one attached hydrogen (secondary N) is 2. The average molecular weight is 362 g/mol. The predicted octanol–water partition coefficient (Wildman–Crippen LogP) is 3.99. The Hall–Kier alpha value is -1.59. The summed E-state index contributed by atoms with van der Waals surface area (Å²) < 4.78 is 5.78. The topological polar surface area (TPSA) is 67.2 Å². The lowest BCUT2D eigenvalue weighted by Crippen LogP contribution is -2.39. The molecule has 5 rings (SSSR count). The minimum absolute atomic E-state index is 0. The van der Waals surface area contributed by atoms with Crippen molar-refractivity contribution in [1.82, 2.24) is 10.3 Å². The molecule has 3 atom stereocenters. The van der Waals surface area contributed by atoms with Crippen LogP contribution in [0.5, 0.6) is 0 Å². The summed E-state index contributed by atoms with van der Waals surface area (Å²) in [7, 11) is 0. The highest BCUT2D eigenvalue weighted by molar-refractivity contribution is 5.96. The van der Waals surface area contributed by atoms with E-state index in [4.69, 9.17) is 4.42 Å². The molecule has 6 heteroatoms. The smallest absolute Gasteiger partial charge is 0.241 e. The van der Waals surface area contributed by atoms with Gasteiger partial charge in [0.15, 0.2) is 11.5 Å². The second-order valence-corrected chi connectivity index (χ2v) is 7.60. The molecule has 5 nitrogen and oxygen atoms in total. The standard InChI is InChI=1S/C19H23N3O2.ClH/c23-18(16-9-12-3-1-2-4-14(12)21-16)20-13-7-8-17-15(10-13)22-19(24-17)11-5-6-11;/h7-8,10-12,14,16,21H,1-6,9H2,(H,20,23);1H. The zero-order valence-corrected chi connectivity index (χ0v) is 15.0. The Labute approximate surface area is 153 Å². The van der Waals surface area contributed by atoms with E-state index in [2.05, 4.69) is 15.6 Å². The molecular formula is C19H24ClN3O2. The van der Waals surface area contributed by atoms with Gasteiger partial charge in [-0.15, -0.1) is 12.4 Å². The van der Waals surface area contributed by atoms with Crippen molar-refractivity contribution in [2.75, 3.05) is 5.32 Å². The number of hydrogen-bond acceptors (Lipinski definition) is 4. The largest absolute Gasteiger partial charge is 0.440 e. The Balaban J connectivity index is 0.00000157. The normalized spacial score (nSPS) is 28.4. The second-order valence-electron chi connectivity index (χ2n) is 7.60. The van der Waals surface area contributed by atoms with Crippen molar-refractivity contribution in [3.63, 3.8) is 0 Å². The Bertz CT molecular complexity index is 772. The molecule has 3 fully saturated rings. The van der Waals surface area contributed by atoms with Crippen molar-refractivity contribution < 1.29 is 9.21 Å². The van der Waals surface area contributed by atoms with E-state index < -0.39 is 0 Å². The Morgan fingerprint density at radius 1 is 1.20 bits per heavy atom. The molecule has 3 unspecified atom stereocenters. The van der Waals surface area contributed by atoms with E-state index >= 15 is 0 Å². The highest BCUT2D eigenvalue weighted by atomic mass is 35.5. The minimum Gasteiger partial charge on any atom is -0.440 e. The molecule has 0 bridgehead atoms. The van der Waals surface area contributed by atoms with Gasteiger partial charge in [-0.1, -0.05) is 12.8 Å². The molecule has 0 spiro atoms. The first-order valence-electron chi connectivity index (χ1n) is 9.24. The number of fused-ring (bicyclic) bond motifs is 2. The van der Waals surface area contributed by atoms with E-state index in [0.717, 1.165) is 29.1 Å². The SMILES string of the molecule is Cl.O=C(Nc1ccc2oc(C3CC3)nc2c1)C1CC2CCCCC2N1. The summed E-state index contributed by atoms with van der Waals surface area (Å²) in [6.45, 7) is 0. The van der Waals surface area contributed by atoms with E-state index in [1.54, 1.807) is 0 Å². The summed E-state index contributed by atoms with van der Waals surface area (Å²) in [5, 5.41) is 6.59. The zero-order valence-electron chi connectivity index (χ0n) is 14.2. The molecule has 3 aliphatic rings. The number of hydrogen-bond donors (Lipinski definition) is 2. The number of rotatable bonds is 3. The Morgan fingerprint density at radius 3 is 2.84 bits per heavy atom. The van der Waals surface area contributed by atoms with Gasteiger partial charge in [0.05, 0.1) is 6.04 Å². The first kappa shape index (κ1) is 16.9. The number of amides is 1. The van der Waals surface area contributed by atoms with Crippen LogP contribution in [0.1, 0.15) is 56.8 Å². The number of benzene rings is 1. The molecule has 1 saturated heterocycles. The first-order chi connectivity index (χ1) is 11.8. The molecule has 0 radical (unpaired) electrons. The van der Waals surface area contributed by atoms with Crippen LogP contribution >= 0.6 is 12.4 Å². The van der Waals surface area contributed by atoms with E-state index in [1.165, 1.54) is 38.5 Å². The lowest BCUT2D eigenvalue weighted by Gasteiger charge is -2.24. The fraction of sp³-hybridized carbons (Fsp3) is 0.579. The van der Waals surface area contributed by atoms with Crippen molar-refractivity contribution in [1.29, 1.82) is 0 Å². The maximum atomic E-state index is 12.6. The third-order valence-electron chi connectivity index (χ3n) is 5.78. The average Bonchev–Trinajstić information content (AvgIpc) is 3.20. The molecule has 1 aromatic heterocycles. The van der Waals surface area contributed by atoms with Gasteiger partial charge in [-0.3, -0.25) is 4.79 Å². The minimum atomic E-state index is -0.0619. The van der Waals surface area contributed by atoms with Crippen LogP contribution in [0.25, 0.3) is 11.1 Å². The number of aromatic nitrogens is 1. The van der Waals surface area contributed by atoms with Crippen LogP contribution in [0.3, 0.4) is 0 Å². The highest BCUT2D eigenvalue weighted by Gasteiger charge is 2.38. The molecule has 2 N–H and O–H groups in total. The van der Waals surface area contributed by atoms with Gasteiger partial charge in [0.1, 0.15) is 5.52 Å². The number of halogens is 1. The van der Waals surface area contributed by atoms with Crippen LogP contribution in [0, 0.1) is 5.92 Å². The quantitative estimate of drug-likeness (QED) is 0.867. The summed E-state index contributed by atoms with van der Waals surface area (Å²) >= 11 is 0. The van der Waals surface area contributed by atoms with Crippen molar-refractivity contribution >= 4 is 35.1 Å². The third-order valence-corrected chi connectivity index (χ3v) is 5.78. The lowest BCUT2D eigenvalue weighted by molar-refractivity contribution is -0.117. The predicted molar refractivity (Wildman–Crippen MR) is 99.1 cm³/mol. The highest BCUT2D eigenvalue weighted by Crippen LogP contribution is 2.40. The summed E-state index contributed by atoms with van der Waals surface area (Å²) in [5.41, 5.74) is 2.45. The number of oxazole rings is 1. The molecule has 25 heavy (non-hydrogen) atoms. The number of carbonyl (C=O) groups is 1. The van der Waals surface area contributed by atoms with Crippen LogP contribution in [0.15, 0.2) is 22.6 Å². The van der Waals surface area contributed by atoms with Gasteiger partial charge in [-0.25, -0.2) is 4.98 Å². The van der Waals surface area contributed by atoms with Crippen LogP contribution in [-0.2, 0) is 4.79 Å². The zero-order chi connectivity index (χ0) is 16.1. The monoisotopic (exact) mass is 361 g/mol. The van der Waals surface area contributed by atoms with Crippen molar-refractivity contribution in [3.05, 3.63) is 24.1 Å². The van der Waals surface area contributed by atoms with Gasteiger partial charge in [0, 0.05) is 17.6 Å². The van der Waals surface area contributed by atoms with Crippen LogP contribution < -0.4 is 10.6 Å². The number of nitrogens with zero attached hydrogens (tertiary/aromatic N) is 1. The van der Waals surface area contributed by atoms with E-state index in [0.29, 0.717) is 17.9 Å². The van der Waals surface area contributed by atoms with E-state index in [9.17, 15) is 4.79 Å². The van der Waals surface area contributed by atoms with Crippen LogP contribution in [0.4, 0.5) is 5.69 Å². The Morgan fingerprint density at radius 2 is 2.04 bits per heavy atom. The van der Waals surface area contributed by atoms with Gasteiger partial charge >= 0.3 is 0 Å². The van der Waals surface area contributed by atoms with Gasteiger partial charge < -0.3 is 15.1 Å². The summed E-state index contributed by atoms with van der Waals surface area (Å²) in [4.78, 5) is 17.2. The van der Waals surface area contributed by atoms with Crippen LogP contribution in [0.2, 0.25) is 0 Å². The van der Waals surface area contributed by atoms with Gasteiger partial charge in [0.2, 0.25) is 5.91 Å². The molecule has 2 aromatic rings. The first-order valence-corrected chi connectivity index (χ1v) is 9.24. The van der Waals surface area contributed by atoms with Gasteiger partial charge in [-0.05, 0) is 56.2 Å². The molecule has 1 amide bonds. The molecule has 134 valence electrons. The van der Waals surface area contributed by atoms with E-state index in [1.807, 2.05) is 18.2 Å². The van der Waals surface area contributed by atoms with Crippen LogP contribution in [-0.4, -0.2) is 23.0 Å². The molecule has 2 aliphatic carbocycles.